The van der Waals surface area contributed by atoms with Gasteiger partial charge in [0.1, 0.15) is 5.82 Å². The molecule has 2 rings (SSSR count). The molecule has 1 aromatic heterocycles. The second-order valence-corrected chi connectivity index (χ2v) is 3.78. The number of aromatic nitrogens is 2. The summed E-state index contributed by atoms with van der Waals surface area (Å²) in [5.74, 6) is 0.453. The zero-order chi connectivity index (χ0) is 11.5. The lowest BCUT2D eigenvalue weighted by Crippen LogP contribution is -2.06. The number of anilines is 1. The average molecular weight is 236 g/mol. The molecule has 2 aromatic rings. The third-order valence-electron chi connectivity index (χ3n) is 2.10. The van der Waals surface area contributed by atoms with Gasteiger partial charge >= 0.3 is 0 Å². The fourth-order valence-corrected chi connectivity index (χ4v) is 1.53. The van der Waals surface area contributed by atoms with Crippen LogP contribution in [0.4, 0.5) is 5.82 Å². The van der Waals surface area contributed by atoms with E-state index in [-0.39, 0.29) is 5.91 Å². The zero-order valence-corrected chi connectivity index (χ0v) is 9.38. The fourth-order valence-electron chi connectivity index (χ4n) is 1.41. The fraction of sp³-hybridized carbons (Fsp3) is 0.0909. The van der Waals surface area contributed by atoms with Crippen molar-refractivity contribution in [2.45, 2.75) is 6.92 Å². The van der Waals surface area contributed by atoms with E-state index in [4.69, 9.17) is 11.6 Å². The summed E-state index contributed by atoms with van der Waals surface area (Å²) in [6, 6.07) is 7.33. The molecule has 0 saturated heterocycles. The Kier molecular flexibility index (Phi) is 2.92. The highest BCUT2D eigenvalue weighted by Gasteiger charge is 2.08. The van der Waals surface area contributed by atoms with Crippen molar-refractivity contribution < 1.29 is 4.79 Å². The molecule has 1 aromatic carbocycles. The van der Waals surface area contributed by atoms with Crippen molar-refractivity contribution in [3.63, 3.8) is 0 Å². The first kappa shape index (κ1) is 10.7. The highest BCUT2D eigenvalue weighted by Crippen LogP contribution is 2.26. The predicted molar refractivity (Wildman–Crippen MR) is 63.3 cm³/mol. The predicted octanol–water partition coefficient (Wildman–Crippen LogP) is 2.69. The second kappa shape index (κ2) is 4.37. The van der Waals surface area contributed by atoms with Crippen LogP contribution in [0.5, 0.6) is 0 Å². The summed E-state index contributed by atoms with van der Waals surface area (Å²) in [5.41, 5.74) is 1.79. The van der Waals surface area contributed by atoms with Gasteiger partial charge in [-0.15, -0.1) is 0 Å². The van der Waals surface area contributed by atoms with Gasteiger partial charge in [0.05, 0.1) is 6.20 Å². The van der Waals surface area contributed by atoms with Gasteiger partial charge in [0.15, 0.2) is 0 Å². The molecule has 82 valence electrons. The number of nitrogens with zero attached hydrogens (tertiary/aromatic N) is 1. The van der Waals surface area contributed by atoms with E-state index in [2.05, 4.69) is 15.5 Å². The molecule has 0 aliphatic heterocycles. The number of hydrogen-bond donors (Lipinski definition) is 2. The Hall–Kier alpha value is -1.81. The van der Waals surface area contributed by atoms with Gasteiger partial charge < -0.3 is 5.32 Å². The van der Waals surface area contributed by atoms with E-state index in [1.165, 1.54) is 6.92 Å². The normalized spacial score (nSPS) is 10.1. The van der Waals surface area contributed by atoms with E-state index in [1.54, 1.807) is 18.3 Å². The summed E-state index contributed by atoms with van der Waals surface area (Å²) in [4.78, 5) is 11.0. The minimum absolute atomic E-state index is 0.139. The third-order valence-corrected chi connectivity index (χ3v) is 2.35. The van der Waals surface area contributed by atoms with Crippen molar-refractivity contribution in [1.82, 2.24) is 10.2 Å². The van der Waals surface area contributed by atoms with Gasteiger partial charge in [0, 0.05) is 17.5 Å². The molecule has 0 spiro atoms. The molecular formula is C11H10ClN3O. The van der Waals surface area contributed by atoms with Crippen molar-refractivity contribution in [3.05, 3.63) is 35.5 Å². The maximum absolute atomic E-state index is 11.0. The van der Waals surface area contributed by atoms with Crippen LogP contribution in [0.3, 0.4) is 0 Å². The van der Waals surface area contributed by atoms with E-state index in [1.807, 2.05) is 12.1 Å². The molecule has 0 aliphatic carbocycles. The first-order valence-corrected chi connectivity index (χ1v) is 5.11. The van der Waals surface area contributed by atoms with Crippen LogP contribution in [0, 0.1) is 0 Å². The van der Waals surface area contributed by atoms with Crippen molar-refractivity contribution in [3.8, 4) is 11.1 Å². The molecule has 1 amide bonds. The molecule has 0 aliphatic rings. The van der Waals surface area contributed by atoms with Gasteiger partial charge in [-0.1, -0.05) is 23.7 Å². The summed E-state index contributed by atoms with van der Waals surface area (Å²) in [7, 11) is 0. The number of rotatable bonds is 2. The van der Waals surface area contributed by atoms with Gasteiger partial charge in [-0.25, -0.2) is 0 Å². The summed E-state index contributed by atoms with van der Waals surface area (Å²) in [6.07, 6.45) is 1.66. The second-order valence-electron chi connectivity index (χ2n) is 3.35. The van der Waals surface area contributed by atoms with Crippen molar-refractivity contribution in [2.75, 3.05) is 5.32 Å². The number of carbonyl (C=O) groups is 1. The first-order chi connectivity index (χ1) is 7.66. The SMILES string of the molecule is CC(=O)Nc1[nH]ncc1-c1ccc(Cl)cc1. The number of hydrogen-bond acceptors (Lipinski definition) is 2. The highest BCUT2D eigenvalue weighted by molar-refractivity contribution is 6.30. The number of nitrogens with one attached hydrogen (secondary N) is 2. The van der Waals surface area contributed by atoms with Gasteiger partial charge in [-0.05, 0) is 17.7 Å². The topological polar surface area (TPSA) is 57.8 Å². The summed E-state index contributed by atoms with van der Waals surface area (Å²) >= 11 is 5.80. The number of benzene rings is 1. The molecule has 16 heavy (non-hydrogen) atoms. The smallest absolute Gasteiger partial charge is 0.222 e. The Bertz CT molecular complexity index is 504. The molecule has 0 bridgehead atoms. The Morgan fingerprint density at radius 2 is 2.06 bits per heavy atom. The average Bonchev–Trinajstić information content (AvgIpc) is 2.66. The van der Waals surface area contributed by atoms with Crippen LogP contribution < -0.4 is 5.32 Å². The summed E-state index contributed by atoms with van der Waals surface area (Å²) < 4.78 is 0. The number of halogens is 1. The standard InChI is InChI=1S/C11H10ClN3O/c1-7(16)14-11-10(6-13-15-11)8-2-4-9(12)5-3-8/h2-6H,1H3,(H2,13,14,15,16). The summed E-state index contributed by atoms with van der Waals surface area (Å²) in [5, 5.41) is 9.99. The van der Waals surface area contributed by atoms with E-state index in [0.717, 1.165) is 11.1 Å². The maximum Gasteiger partial charge on any atom is 0.222 e. The minimum atomic E-state index is -0.139. The number of amides is 1. The van der Waals surface area contributed by atoms with E-state index in [9.17, 15) is 4.79 Å². The quantitative estimate of drug-likeness (QED) is 0.841. The molecule has 5 heteroatoms. The van der Waals surface area contributed by atoms with Crippen LogP contribution in [-0.4, -0.2) is 16.1 Å². The van der Waals surface area contributed by atoms with Gasteiger partial charge in [0.25, 0.3) is 0 Å². The van der Waals surface area contributed by atoms with Crippen molar-refractivity contribution in [2.24, 2.45) is 0 Å². The lowest BCUT2D eigenvalue weighted by atomic mass is 10.1. The number of aromatic amines is 1. The molecular weight excluding hydrogens is 226 g/mol. The van der Waals surface area contributed by atoms with E-state index >= 15 is 0 Å². The molecule has 0 saturated carbocycles. The molecule has 1 heterocycles. The molecule has 0 atom stereocenters. The molecule has 0 fully saturated rings. The molecule has 0 radical (unpaired) electrons. The van der Waals surface area contributed by atoms with Crippen LogP contribution in [0.25, 0.3) is 11.1 Å². The van der Waals surface area contributed by atoms with E-state index in [0.29, 0.717) is 10.8 Å². The van der Waals surface area contributed by atoms with Crippen molar-refractivity contribution in [1.29, 1.82) is 0 Å². The minimum Gasteiger partial charge on any atom is -0.311 e. The van der Waals surface area contributed by atoms with Crippen LogP contribution >= 0.6 is 11.6 Å². The van der Waals surface area contributed by atoms with Crippen LogP contribution in [0.15, 0.2) is 30.5 Å². The first-order valence-electron chi connectivity index (χ1n) is 4.73. The molecule has 0 unspecified atom stereocenters. The lowest BCUT2D eigenvalue weighted by molar-refractivity contribution is -0.114. The lowest BCUT2D eigenvalue weighted by Gasteiger charge is -2.03. The Morgan fingerprint density at radius 3 is 2.69 bits per heavy atom. The van der Waals surface area contributed by atoms with Crippen LogP contribution in [0.2, 0.25) is 5.02 Å². The monoisotopic (exact) mass is 235 g/mol. The number of carbonyl (C=O) groups excluding carboxylic acids is 1. The van der Waals surface area contributed by atoms with E-state index < -0.39 is 0 Å². The largest absolute Gasteiger partial charge is 0.311 e. The van der Waals surface area contributed by atoms with Crippen LogP contribution in [0.1, 0.15) is 6.92 Å². The highest BCUT2D eigenvalue weighted by atomic mass is 35.5. The van der Waals surface area contributed by atoms with Gasteiger partial charge in [-0.3, -0.25) is 9.89 Å². The maximum atomic E-state index is 11.0. The molecule has 4 nitrogen and oxygen atoms in total. The van der Waals surface area contributed by atoms with Gasteiger partial charge in [0.2, 0.25) is 5.91 Å². The number of H-pyrrole nitrogens is 1. The van der Waals surface area contributed by atoms with Crippen molar-refractivity contribution >= 4 is 23.3 Å². The summed E-state index contributed by atoms with van der Waals surface area (Å²) in [6.45, 7) is 1.45. The van der Waals surface area contributed by atoms with Crippen LogP contribution in [-0.2, 0) is 4.79 Å². The third kappa shape index (κ3) is 2.23. The Balaban J connectivity index is 2.36. The Labute approximate surface area is 97.6 Å². The Morgan fingerprint density at radius 1 is 1.38 bits per heavy atom. The zero-order valence-electron chi connectivity index (χ0n) is 8.62. The molecule has 2 N–H and O–H groups in total. The van der Waals surface area contributed by atoms with Gasteiger partial charge in [-0.2, -0.15) is 5.10 Å².